The number of halogens is 2. The van der Waals surface area contributed by atoms with Crippen molar-refractivity contribution in [3.63, 3.8) is 0 Å². The maximum absolute atomic E-state index is 13.8. The van der Waals surface area contributed by atoms with Crippen LogP contribution in [0.4, 0.5) is 4.39 Å². The molecule has 0 atom stereocenters. The molecule has 1 fully saturated rings. The molecule has 0 spiro atoms. The Morgan fingerprint density at radius 1 is 1.33 bits per heavy atom. The monoisotopic (exact) mass is 271 g/mol. The lowest BCUT2D eigenvalue weighted by atomic mass is 9.79. The van der Waals surface area contributed by atoms with Gasteiger partial charge in [0.2, 0.25) is 0 Å². The number of hydrogen-bond acceptors (Lipinski definition) is 1. The van der Waals surface area contributed by atoms with Crippen LogP contribution in [-0.2, 0) is 5.41 Å². The molecule has 2 rings (SSSR count). The first-order valence-electron chi connectivity index (χ1n) is 5.34. The van der Waals surface area contributed by atoms with E-state index in [-0.39, 0.29) is 11.2 Å². The largest absolute Gasteiger partial charge is 0.330 e. The van der Waals surface area contributed by atoms with E-state index in [9.17, 15) is 4.39 Å². The third-order valence-electron chi connectivity index (χ3n) is 3.44. The first kappa shape index (κ1) is 11.1. The van der Waals surface area contributed by atoms with Crippen LogP contribution in [0.5, 0.6) is 0 Å². The third-order valence-corrected chi connectivity index (χ3v) is 4.11. The average Bonchev–Trinajstić information content (AvgIpc) is 2.67. The molecule has 3 heteroatoms. The molecule has 2 N–H and O–H groups in total. The molecule has 0 heterocycles. The summed E-state index contributed by atoms with van der Waals surface area (Å²) in [5.41, 5.74) is 6.50. The second kappa shape index (κ2) is 4.22. The van der Waals surface area contributed by atoms with Gasteiger partial charge < -0.3 is 5.73 Å². The minimum absolute atomic E-state index is 0.128. The van der Waals surface area contributed by atoms with Gasteiger partial charge >= 0.3 is 0 Å². The fourth-order valence-corrected chi connectivity index (χ4v) is 3.37. The Bertz CT molecular complexity index is 338. The van der Waals surface area contributed by atoms with Crippen LogP contribution in [-0.4, -0.2) is 6.54 Å². The Labute approximate surface area is 98.0 Å². The van der Waals surface area contributed by atoms with Gasteiger partial charge in [-0.3, -0.25) is 0 Å². The van der Waals surface area contributed by atoms with Crippen LogP contribution in [0.3, 0.4) is 0 Å². The summed E-state index contributed by atoms with van der Waals surface area (Å²) in [4.78, 5) is 0. The highest BCUT2D eigenvalue weighted by Crippen LogP contribution is 2.44. The predicted octanol–water partition coefficient (Wildman–Crippen LogP) is 3.36. The Balaban J connectivity index is 2.51. The lowest BCUT2D eigenvalue weighted by Crippen LogP contribution is -2.33. The van der Waals surface area contributed by atoms with Gasteiger partial charge in [0.25, 0.3) is 0 Å². The van der Waals surface area contributed by atoms with Gasteiger partial charge in [-0.05, 0) is 25.0 Å². The Hall–Kier alpha value is -0.410. The zero-order chi connectivity index (χ0) is 10.9. The van der Waals surface area contributed by atoms with Gasteiger partial charge in [0, 0.05) is 22.0 Å². The van der Waals surface area contributed by atoms with Crippen LogP contribution < -0.4 is 5.73 Å². The predicted molar refractivity (Wildman–Crippen MR) is 63.3 cm³/mol. The number of nitrogens with two attached hydrogens (primary N) is 1. The summed E-state index contributed by atoms with van der Waals surface area (Å²) < 4.78 is 14.7. The zero-order valence-corrected chi connectivity index (χ0v) is 10.2. The van der Waals surface area contributed by atoms with Crippen molar-refractivity contribution < 1.29 is 4.39 Å². The highest BCUT2D eigenvalue weighted by Gasteiger charge is 2.37. The minimum Gasteiger partial charge on any atom is -0.330 e. The van der Waals surface area contributed by atoms with E-state index in [0.717, 1.165) is 35.7 Å². The molecule has 82 valence electrons. The fourth-order valence-electron chi connectivity index (χ4n) is 2.61. The van der Waals surface area contributed by atoms with Crippen molar-refractivity contribution in [1.82, 2.24) is 0 Å². The first-order chi connectivity index (χ1) is 7.19. The molecule has 15 heavy (non-hydrogen) atoms. The van der Waals surface area contributed by atoms with Crippen molar-refractivity contribution in [3.05, 3.63) is 34.1 Å². The van der Waals surface area contributed by atoms with Crippen molar-refractivity contribution in [2.24, 2.45) is 5.73 Å². The topological polar surface area (TPSA) is 26.0 Å². The van der Waals surface area contributed by atoms with Crippen LogP contribution in [0.15, 0.2) is 22.7 Å². The summed E-state index contributed by atoms with van der Waals surface area (Å²) in [5, 5.41) is 0. The third kappa shape index (κ3) is 1.83. The molecule has 1 aromatic rings. The molecule has 0 amide bonds. The molecule has 0 unspecified atom stereocenters. The maximum atomic E-state index is 13.8. The van der Waals surface area contributed by atoms with Gasteiger partial charge in [-0.15, -0.1) is 0 Å². The fraction of sp³-hybridized carbons (Fsp3) is 0.500. The van der Waals surface area contributed by atoms with Crippen LogP contribution in [0.1, 0.15) is 31.2 Å². The summed E-state index contributed by atoms with van der Waals surface area (Å²) in [6.45, 7) is 0.534. The molecule has 0 radical (unpaired) electrons. The molecule has 0 aromatic heterocycles. The van der Waals surface area contributed by atoms with E-state index in [1.54, 1.807) is 6.07 Å². The average molecular weight is 272 g/mol. The smallest absolute Gasteiger partial charge is 0.128 e. The van der Waals surface area contributed by atoms with E-state index in [1.807, 2.05) is 6.07 Å². The van der Waals surface area contributed by atoms with Gasteiger partial charge in [0.05, 0.1) is 0 Å². The van der Waals surface area contributed by atoms with E-state index >= 15 is 0 Å². The van der Waals surface area contributed by atoms with Gasteiger partial charge in [0.15, 0.2) is 0 Å². The minimum atomic E-state index is -0.135. The van der Waals surface area contributed by atoms with E-state index in [2.05, 4.69) is 15.9 Å². The van der Waals surface area contributed by atoms with Crippen molar-refractivity contribution >= 4 is 15.9 Å². The molecule has 1 aliphatic rings. The quantitative estimate of drug-likeness (QED) is 0.877. The maximum Gasteiger partial charge on any atom is 0.128 e. The van der Waals surface area contributed by atoms with Crippen LogP contribution >= 0.6 is 15.9 Å². The standard InChI is InChI=1S/C12H15BrFN/c13-9-4-3-5-10(14)11(9)12(8-15)6-1-2-7-12/h3-5H,1-2,6-8,15H2. The molecule has 0 saturated heterocycles. The molecule has 1 saturated carbocycles. The van der Waals surface area contributed by atoms with Gasteiger partial charge in [-0.1, -0.05) is 34.8 Å². The summed E-state index contributed by atoms with van der Waals surface area (Å²) in [6, 6.07) is 5.14. The van der Waals surface area contributed by atoms with E-state index < -0.39 is 0 Å². The van der Waals surface area contributed by atoms with Gasteiger partial charge in [0.1, 0.15) is 5.82 Å². The van der Waals surface area contributed by atoms with Crippen molar-refractivity contribution in [2.75, 3.05) is 6.54 Å². The Kier molecular flexibility index (Phi) is 3.12. The Morgan fingerprint density at radius 2 is 2.00 bits per heavy atom. The normalized spacial score (nSPS) is 19.4. The number of hydrogen-bond donors (Lipinski definition) is 1. The van der Waals surface area contributed by atoms with Crippen molar-refractivity contribution in [2.45, 2.75) is 31.1 Å². The van der Waals surface area contributed by atoms with Crippen molar-refractivity contribution in [3.8, 4) is 0 Å². The molecule has 1 aliphatic carbocycles. The summed E-state index contributed by atoms with van der Waals surface area (Å²) in [7, 11) is 0. The molecular weight excluding hydrogens is 257 g/mol. The molecular formula is C12H15BrFN. The highest BCUT2D eigenvalue weighted by atomic mass is 79.9. The zero-order valence-electron chi connectivity index (χ0n) is 8.60. The van der Waals surface area contributed by atoms with E-state index in [4.69, 9.17) is 5.73 Å². The molecule has 1 nitrogen and oxygen atoms in total. The van der Waals surface area contributed by atoms with Crippen LogP contribution in [0.2, 0.25) is 0 Å². The molecule has 0 aliphatic heterocycles. The lowest BCUT2D eigenvalue weighted by molar-refractivity contribution is 0.424. The molecule has 0 bridgehead atoms. The van der Waals surface area contributed by atoms with Crippen LogP contribution in [0, 0.1) is 5.82 Å². The highest BCUT2D eigenvalue weighted by molar-refractivity contribution is 9.10. The second-order valence-corrected chi connectivity index (χ2v) is 5.14. The van der Waals surface area contributed by atoms with Crippen LogP contribution in [0.25, 0.3) is 0 Å². The second-order valence-electron chi connectivity index (χ2n) is 4.29. The summed E-state index contributed by atoms with van der Waals surface area (Å²) in [5.74, 6) is -0.128. The number of rotatable bonds is 2. The van der Waals surface area contributed by atoms with Gasteiger partial charge in [-0.2, -0.15) is 0 Å². The SMILES string of the molecule is NCC1(c2c(F)cccc2Br)CCCC1. The van der Waals surface area contributed by atoms with Crippen molar-refractivity contribution in [1.29, 1.82) is 0 Å². The number of benzene rings is 1. The Morgan fingerprint density at radius 3 is 2.53 bits per heavy atom. The van der Waals surface area contributed by atoms with E-state index in [0.29, 0.717) is 6.54 Å². The molecule has 1 aromatic carbocycles. The summed E-state index contributed by atoms with van der Waals surface area (Å²) in [6.07, 6.45) is 4.31. The van der Waals surface area contributed by atoms with E-state index in [1.165, 1.54) is 6.07 Å². The van der Waals surface area contributed by atoms with Gasteiger partial charge in [-0.25, -0.2) is 4.39 Å². The summed E-state index contributed by atoms with van der Waals surface area (Å²) >= 11 is 3.44. The first-order valence-corrected chi connectivity index (χ1v) is 6.13. The lowest BCUT2D eigenvalue weighted by Gasteiger charge is -2.29.